The summed E-state index contributed by atoms with van der Waals surface area (Å²) in [5.74, 6) is 1.15. The third-order valence-corrected chi connectivity index (χ3v) is 5.75. The third-order valence-electron chi connectivity index (χ3n) is 5.75. The molecule has 1 heterocycles. The molecule has 1 amide bonds. The Morgan fingerprint density at radius 3 is 2.52 bits per heavy atom. The summed E-state index contributed by atoms with van der Waals surface area (Å²) >= 11 is 0. The smallest absolute Gasteiger partial charge is 0.237 e. The van der Waals surface area contributed by atoms with Crippen LogP contribution in [-0.2, 0) is 4.79 Å². The molecule has 1 aromatic carbocycles. The molecule has 3 rings (SSSR count). The van der Waals surface area contributed by atoms with E-state index < -0.39 is 0 Å². The van der Waals surface area contributed by atoms with Gasteiger partial charge in [-0.3, -0.25) is 9.69 Å². The van der Waals surface area contributed by atoms with E-state index in [1.54, 1.807) is 6.07 Å². The van der Waals surface area contributed by atoms with E-state index in [1.165, 1.54) is 32.1 Å². The lowest BCUT2D eigenvalue weighted by molar-refractivity contribution is -0.126. The molecule has 2 fully saturated rings. The number of aromatic hydroxyl groups is 1. The van der Waals surface area contributed by atoms with Gasteiger partial charge in [0.05, 0.1) is 11.7 Å². The Labute approximate surface area is 151 Å². The number of anilines is 1. The average molecular weight is 345 g/mol. The van der Waals surface area contributed by atoms with Gasteiger partial charge < -0.3 is 15.3 Å². The maximum atomic E-state index is 12.5. The van der Waals surface area contributed by atoms with Gasteiger partial charge in [0, 0.05) is 32.7 Å². The first-order valence-corrected chi connectivity index (χ1v) is 9.70. The summed E-state index contributed by atoms with van der Waals surface area (Å²) < 4.78 is 0. The number of carbonyl (C=O) groups is 1. The maximum absolute atomic E-state index is 12.5. The van der Waals surface area contributed by atoms with Gasteiger partial charge in [-0.15, -0.1) is 0 Å². The van der Waals surface area contributed by atoms with E-state index in [1.807, 2.05) is 25.1 Å². The minimum absolute atomic E-state index is 0.0879. The second kappa shape index (κ2) is 8.56. The van der Waals surface area contributed by atoms with Crippen LogP contribution in [0.4, 0.5) is 5.69 Å². The number of nitrogens with zero attached hydrogens (tertiary/aromatic N) is 2. The predicted molar refractivity (Wildman–Crippen MR) is 101 cm³/mol. The average Bonchev–Trinajstić information content (AvgIpc) is 2.67. The zero-order chi connectivity index (χ0) is 17.6. The number of para-hydroxylation sites is 2. The molecule has 1 atom stereocenters. The molecule has 1 aliphatic heterocycles. The lowest BCUT2D eigenvalue weighted by Gasteiger charge is -2.38. The summed E-state index contributed by atoms with van der Waals surface area (Å²) in [6.45, 7) is 6.18. The number of piperazine rings is 1. The first kappa shape index (κ1) is 18.1. The van der Waals surface area contributed by atoms with Gasteiger partial charge in [-0.1, -0.05) is 31.4 Å². The van der Waals surface area contributed by atoms with E-state index in [-0.39, 0.29) is 11.9 Å². The van der Waals surface area contributed by atoms with Crippen LogP contribution in [0.5, 0.6) is 5.75 Å². The lowest BCUT2D eigenvalue weighted by atomic mass is 9.89. The molecule has 2 aliphatic rings. The number of nitrogens with one attached hydrogen (secondary N) is 1. The predicted octanol–water partition coefficient (Wildman–Crippen LogP) is 2.60. The van der Waals surface area contributed by atoms with Crippen LogP contribution in [0, 0.1) is 5.92 Å². The fourth-order valence-corrected chi connectivity index (χ4v) is 4.03. The summed E-state index contributed by atoms with van der Waals surface area (Å²) in [5, 5.41) is 13.2. The van der Waals surface area contributed by atoms with Gasteiger partial charge in [0.1, 0.15) is 5.75 Å². The molecule has 5 nitrogen and oxygen atoms in total. The highest BCUT2D eigenvalue weighted by Crippen LogP contribution is 2.27. The molecule has 1 saturated heterocycles. The van der Waals surface area contributed by atoms with Gasteiger partial charge >= 0.3 is 0 Å². The van der Waals surface area contributed by atoms with Gasteiger partial charge in [-0.05, 0) is 37.8 Å². The van der Waals surface area contributed by atoms with Crippen LogP contribution >= 0.6 is 0 Å². The van der Waals surface area contributed by atoms with Crippen LogP contribution in [0.1, 0.15) is 39.0 Å². The molecular weight excluding hydrogens is 314 g/mol. The normalized spacial score (nSPS) is 21.1. The Morgan fingerprint density at radius 2 is 1.84 bits per heavy atom. The van der Waals surface area contributed by atoms with Gasteiger partial charge in [0.2, 0.25) is 5.91 Å². The molecule has 0 radical (unpaired) electrons. The van der Waals surface area contributed by atoms with Crippen molar-refractivity contribution in [1.82, 2.24) is 10.2 Å². The van der Waals surface area contributed by atoms with Crippen LogP contribution in [0.25, 0.3) is 0 Å². The molecule has 25 heavy (non-hydrogen) atoms. The van der Waals surface area contributed by atoms with Gasteiger partial charge in [0.15, 0.2) is 0 Å². The van der Waals surface area contributed by atoms with Crippen molar-refractivity contribution in [1.29, 1.82) is 0 Å². The molecule has 0 bridgehead atoms. The standard InChI is InChI=1S/C20H31N3O2/c1-16(20(25)21-15-17-7-3-2-4-8-17)22-11-13-23(14-12-22)18-9-5-6-10-19(18)24/h5-6,9-10,16-17,24H,2-4,7-8,11-15H2,1H3,(H,21,25). The van der Waals surface area contributed by atoms with Crippen LogP contribution in [0.3, 0.4) is 0 Å². The van der Waals surface area contributed by atoms with Crippen LogP contribution in [0.15, 0.2) is 24.3 Å². The summed E-state index contributed by atoms with van der Waals surface area (Å²) in [5.41, 5.74) is 0.886. The summed E-state index contributed by atoms with van der Waals surface area (Å²) in [6.07, 6.45) is 6.48. The summed E-state index contributed by atoms with van der Waals surface area (Å²) in [7, 11) is 0. The Hall–Kier alpha value is -1.75. The van der Waals surface area contributed by atoms with Crippen molar-refractivity contribution in [2.75, 3.05) is 37.6 Å². The van der Waals surface area contributed by atoms with E-state index in [0.717, 1.165) is 38.4 Å². The molecule has 0 aromatic heterocycles. The van der Waals surface area contributed by atoms with Crippen molar-refractivity contribution < 1.29 is 9.90 Å². The third kappa shape index (κ3) is 4.66. The molecule has 5 heteroatoms. The number of hydrogen-bond acceptors (Lipinski definition) is 4. The summed E-state index contributed by atoms with van der Waals surface area (Å²) in [4.78, 5) is 16.9. The Balaban J connectivity index is 1.45. The minimum Gasteiger partial charge on any atom is -0.506 e. The van der Waals surface area contributed by atoms with E-state index in [2.05, 4.69) is 15.1 Å². The molecule has 1 aromatic rings. The first-order chi connectivity index (χ1) is 12.1. The second-order valence-electron chi connectivity index (χ2n) is 7.44. The largest absolute Gasteiger partial charge is 0.506 e. The van der Waals surface area contributed by atoms with Crippen molar-refractivity contribution in [3.05, 3.63) is 24.3 Å². The molecule has 0 spiro atoms. The van der Waals surface area contributed by atoms with Crippen molar-refractivity contribution in [3.8, 4) is 5.75 Å². The van der Waals surface area contributed by atoms with Gasteiger partial charge in [-0.25, -0.2) is 0 Å². The van der Waals surface area contributed by atoms with Crippen LogP contribution < -0.4 is 10.2 Å². The zero-order valence-electron chi connectivity index (χ0n) is 15.3. The second-order valence-corrected chi connectivity index (χ2v) is 7.44. The van der Waals surface area contributed by atoms with Crippen molar-refractivity contribution in [3.63, 3.8) is 0 Å². The Kier molecular flexibility index (Phi) is 6.19. The SMILES string of the molecule is CC(C(=O)NCC1CCCCC1)N1CCN(c2ccccc2O)CC1. The number of rotatable bonds is 5. The Bertz CT molecular complexity index is 564. The number of amides is 1. The number of phenolic OH excluding ortho intramolecular Hbond substituents is 1. The van der Waals surface area contributed by atoms with Crippen molar-refractivity contribution >= 4 is 11.6 Å². The van der Waals surface area contributed by atoms with E-state index in [0.29, 0.717) is 11.7 Å². The topological polar surface area (TPSA) is 55.8 Å². The summed E-state index contributed by atoms with van der Waals surface area (Å²) in [6, 6.07) is 7.38. The molecule has 2 N–H and O–H groups in total. The molecule has 138 valence electrons. The maximum Gasteiger partial charge on any atom is 0.237 e. The molecule has 1 saturated carbocycles. The number of phenols is 1. The Morgan fingerprint density at radius 1 is 1.16 bits per heavy atom. The lowest BCUT2D eigenvalue weighted by Crippen LogP contribution is -2.54. The van der Waals surface area contributed by atoms with Crippen molar-refractivity contribution in [2.24, 2.45) is 5.92 Å². The highest BCUT2D eigenvalue weighted by Gasteiger charge is 2.26. The quantitative estimate of drug-likeness (QED) is 0.861. The number of hydrogen-bond donors (Lipinski definition) is 2. The molecule has 1 unspecified atom stereocenters. The number of benzene rings is 1. The number of carbonyl (C=O) groups excluding carboxylic acids is 1. The highest BCUT2D eigenvalue weighted by molar-refractivity contribution is 5.81. The van der Waals surface area contributed by atoms with E-state index in [9.17, 15) is 9.90 Å². The van der Waals surface area contributed by atoms with E-state index in [4.69, 9.17) is 0 Å². The monoisotopic (exact) mass is 345 g/mol. The van der Waals surface area contributed by atoms with Crippen molar-refractivity contribution in [2.45, 2.75) is 45.1 Å². The fourth-order valence-electron chi connectivity index (χ4n) is 4.03. The highest BCUT2D eigenvalue weighted by atomic mass is 16.3. The minimum atomic E-state index is -0.0879. The van der Waals surface area contributed by atoms with Gasteiger partial charge in [0.25, 0.3) is 0 Å². The first-order valence-electron chi connectivity index (χ1n) is 9.70. The fraction of sp³-hybridized carbons (Fsp3) is 0.650. The van der Waals surface area contributed by atoms with Gasteiger partial charge in [-0.2, -0.15) is 0 Å². The molecular formula is C20H31N3O2. The molecule has 1 aliphatic carbocycles. The van der Waals surface area contributed by atoms with E-state index >= 15 is 0 Å². The zero-order valence-corrected chi connectivity index (χ0v) is 15.3. The van der Waals surface area contributed by atoms with Crippen LogP contribution in [0.2, 0.25) is 0 Å². The van der Waals surface area contributed by atoms with Crippen LogP contribution in [-0.4, -0.2) is 54.7 Å².